The van der Waals surface area contributed by atoms with Crippen molar-refractivity contribution >= 4 is 56.2 Å². The third kappa shape index (κ3) is 3.12. The molecule has 20 heavy (non-hydrogen) atoms. The Labute approximate surface area is 131 Å². The summed E-state index contributed by atoms with van der Waals surface area (Å²) in [5.74, 6) is 0. The number of anilines is 2. The second kappa shape index (κ2) is 5.69. The van der Waals surface area contributed by atoms with Gasteiger partial charge in [0.15, 0.2) is 0 Å². The lowest BCUT2D eigenvalue weighted by Crippen LogP contribution is -2.13. The van der Waals surface area contributed by atoms with Gasteiger partial charge in [-0.3, -0.25) is 4.72 Å². The maximum atomic E-state index is 12.2. The Bertz CT molecular complexity index is 763. The third-order valence-corrected chi connectivity index (χ3v) is 5.14. The van der Waals surface area contributed by atoms with E-state index in [-0.39, 0.29) is 25.7 Å². The van der Waals surface area contributed by atoms with Crippen LogP contribution in [0, 0.1) is 0 Å². The van der Waals surface area contributed by atoms with Gasteiger partial charge in [0, 0.05) is 0 Å². The zero-order valence-electron chi connectivity index (χ0n) is 9.90. The molecule has 8 heteroatoms. The molecule has 3 N–H and O–H groups in total. The second-order valence-corrected chi connectivity index (χ2v) is 6.74. The van der Waals surface area contributed by atoms with E-state index in [9.17, 15) is 8.42 Å². The molecule has 2 aromatic carbocycles. The molecular formula is C12H9Cl3N2O2S. The van der Waals surface area contributed by atoms with Crippen LogP contribution in [0.3, 0.4) is 0 Å². The second-order valence-electron chi connectivity index (χ2n) is 3.89. The maximum Gasteiger partial charge on any atom is 0.263 e. The summed E-state index contributed by atoms with van der Waals surface area (Å²) in [6.07, 6.45) is 0. The predicted octanol–water partition coefficient (Wildman–Crippen LogP) is 4.03. The van der Waals surface area contributed by atoms with Crippen molar-refractivity contribution in [3.05, 3.63) is 51.5 Å². The van der Waals surface area contributed by atoms with Gasteiger partial charge in [-0.2, -0.15) is 0 Å². The number of hydrogen-bond acceptors (Lipinski definition) is 3. The number of sulfonamides is 1. The Morgan fingerprint density at radius 1 is 1.00 bits per heavy atom. The Morgan fingerprint density at radius 3 is 2.35 bits per heavy atom. The van der Waals surface area contributed by atoms with Gasteiger partial charge in [-0.1, -0.05) is 40.9 Å². The fourth-order valence-corrected chi connectivity index (χ4v) is 3.48. The van der Waals surface area contributed by atoms with Gasteiger partial charge in [0.2, 0.25) is 0 Å². The number of nitrogen functional groups attached to an aromatic ring is 1. The first-order valence-corrected chi connectivity index (χ1v) is 7.95. The lowest BCUT2D eigenvalue weighted by Gasteiger charge is -2.11. The monoisotopic (exact) mass is 350 g/mol. The smallest absolute Gasteiger partial charge is 0.263 e. The van der Waals surface area contributed by atoms with Crippen LogP contribution in [0.1, 0.15) is 0 Å². The summed E-state index contributed by atoms with van der Waals surface area (Å²) in [7, 11) is -3.86. The number of benzene rings is 2. The number of halogens is 3. The number of hydrogen-bond donors (Lipinski definition) is 2. The molecule has 0 unspecified atom stereocenters. The molecule has 0 saturated carbocycles. The van der Waals surface area contributed by atoms with Crippen molar-refractivity contribution in [2.75, 3.05) is 10.5 Å². The summed E-state index contributed by atoms with van der Waals surface area (Å²) < 4.78 is 26.8. The zero-order valence-corrected chi connectivity index (χ0v) is 13.0. The molecule has 0 saturated heterocycles. The van der Waals surface area contributed by atoms with Crippen molar-refractivity contribution in [1.29, 1.82) is 0 Å². The Morgan fingerprint density at radius 2 is 1.70 bits per heavy atom. The van der Waals surface area contributed by atoms with Crippen molar-refractivity contribution in [1.82, 2.24) is 0 Å². The van der Waals surface area contributed by atoms with E-state index in [0.717, 1.165) is 0 Å². The first kappa shape index (κ1) is 15.3. The van der Waals surface area contributed by atoms with Gasteiger partial charge in [0.25, 0.3) is 10.0 Å². The molecule has 4 nitrogen and oxygen atoms in total. The van der Waals surface area contributed by atoms with Crippen LogP contribution in [-0.2, 0) is 10.0 Å². The highest BCUT2D eigenvalue weighted by Crippen LogP contribution is 2.31. The van der Waals surface area contributed by atoms with Crippen molar-refractivity contribution in [3.63, 3.8) is 0 Å². The fourth-order valence-electron chi connectivity index (χ4n) is 1.49. The minimum Gasteiger partial charge on any atom is -0.398 e. The minimum atomic E-state index is -3.86. The van der Waals surface area contributed by atoms with E-state index < -0.39 is 10.0 Å². The third-order valence-electron chi connectivity index (χ3n) is 2.46. The van der Waals surface area contributed by atoms with E-state index in [1.165, 1.54) is 36.4 Å². The lowest BCUT2D eigenvalue weighted by molar-refractivity contribution is 0.601. The van der Waals surface area contributed by atoms with Gasteiger partial charge in [-0.15, -0.1) is 0 Å². The maximum absolute atomic E-state index is 12.2. The quantitative estimate of drug-likeness (QED) is 0.820. The van der Waals surface area contributed by atoms with E-state index in [0.29, 0.717) is 5.69 Å². The van der Waals surface area contributed by atoms with Crippen molar-refractivity contribution in [2.24, 2.45) is 0 Å². The molecule has 0 amide bonds. The molecule has 0 aliphatic carbocycles. The fraction of sp³-hybridized carbons (Fsp3) is 0. The summed E-state index contributed by atoms with van der Waals surface area (Å²) >= 11 is 17.5. The number of rotatable bonds is 3. The molecule has 0 spiro atoms. The molecule has 0 fully saturated rings. The van der Waals surface area contributed by atoms with Crippen LogP contribution in [0.2, 0.25) is 15.1 Å². The Balaban J connectivity index is 2.41. The topological polar surface area (TPSA) is 72.2 Å². The highest BCUT2D eigenvalue weighted by atomic mass is 35.5. The van der Waals surface area contributed by atoms with Crippen LogP contribution >= 0.6 is 34.8 Å². The molecular weight excluding hydrogens is 343 g/mol. The molecule has 0 aliphatic heterocycles. The summed E-state index contributed by atoms with van der Waals surface area (Å²) in [6, 6.07) is 8.76. The van der Waals surface area contributed by atoms with E-state index in [2.05, 4.69) is 4.72 Å². The molecule has 0 atom stereocenters. The average molecular weight is 352 g/mol. The van der Waals surface area contributed by atoms with Crippen LogP contribution in [0.15, 0.2) is 41.3 Å². The normalized spacial score (nSPS) is 11.3. The largest absolute Gasteiger partial charge is 0.398 e. The van der Waals surface area contributed by atoms with Gasteiger partial charge in [0.05, 0.1) is 26.4 Å². The Kier molecular flexibility index (Phi) is 4.34. The van der Waals surface area contributed by atoms with Crippen LogP contribution in [0.4, 0.5) is 11.4 Å². The summed E-state index contributed by atoms with van der Waals surface area (Å²) in [4.78, 5) is -0.111. The van der Waals surface area contributed by atoms with Crippen LogP contribution in [0.5, 0.6) is 0 Å². The van der Waals surface area contributed by atoms with E-state index in [1.807, 2.05) is 0 Å². The lowest BCUT2D eigenvalue weighted by atomic mass is 10.3. The summed E-state index contributed by atoms with van der Waals surface area (Å²) in [5.41, 5.74) is 6.19. The molecule has 0 bridgehead atoms. The highest BCUT2D eigenvalue weighted by molar-refractivity contribution is 7.92. The zero-order chi connectivity index (χ0) is 14.9. The van der Waals surface area contributed by atoms with E-state index >= 15 is 0 Å². The van der Waals surface area contributed by atoms with Gasteiger partial charge < -0.3 is 5.73 Å². The molecule has 2 aromatic rings. The van der Waals surface area contributed by atoms with Crippen LogP contribution in [0.25, 0.3) is 0 Å². The molecule has 0 aliphatic rings. The summed E-state index contributed by atoms with van der Waals surface area (Å²) in [5, 5.41) is 0.371. The van der Waals surface area contributed by atoms with Gasteiger partial charge in [-0.25, -0.2) is 8.42 Å². The standard InChI is InChI=1S/C12H9Cl3N2O2S/c13-8-2-1-3-11(12(8)15)20(18,19)17-7-4-5-10(16)9(14)6-7/h1-6,17H,16H2. The van der Waals surface area contributed by atoms with Gasteiger partial charge in [0.1, 0.15) is 4.90 Å². The van der Waals surface area contributed by atoms with Crippen LogP contribution < -0.4 is 10.5 Å². The Hall–Kier alpha value is -1.14. The van der Waals surface area contributed by atoms with Crippen molar-refractivity contribution in [3.8, 4) is 0 Å². The van der Waals surface area contributed by atoms with E-state index in [1.54, 1.807) is 0 Å². The van der Waals surface area contributed by atoms with Gasteiger partial charge >= 0.3 is 0 Å². The minimum absolute atomic E-state index is 0.0387. The number of nitrogens with two attached hydrogens (primary N) is 1. The average Bonchev–Trinajstić information content (AvgIpc) is 2.36. The van der Waals surface area contributed by atoms with Crippen LogP contribution in [-0.4, -0.2) is 8.42 Å². The first-order chi connectivity index (χ1) is 9.31. The first-order valence-electron chi connectivity index (χ1n) is 5.33. The van der Waals surface area contributed by atoms with Gasteiger partial charge in [-0.05, 0) is 30.3 Å². The summed E-state index contributed by atoms with van der Waals surface area (Å²) in [6.45, 7) is 0. The SMILES string of the molecule is Nc1ccc(NS(=O)(=O)c2cccc(Cl)c2Cl)cc1Cl. The molecule has 0 aromatic heterocycles. The van der Waals surface area contributed by atoms with E-state index in [4.69, 9.17) is 40.5 Å². The predicted molar refractivity (Wildman–Crippen MR) is 83.1 cm³/mol. The molecule has 2 rings (SSSR count). The highest BCUT2D eigenvalue weighted by Gasteiger charge is 2.19. The van der Waals surface area contributed by atoms with Crippen molar-refractivity contribution < 1.29 is 8.42 Å². The van der Waals surface area contributed by atoms with Crippen molar-refractivity contribution in [2.45, 2.75) is 4.90 Å². The molecule has 0 heterocycles. The molecule has 106 valence electrons. The number of nitrogens with one attached hydrogen (secondary N) is 1. The molecule has 0 radical (unpaired) electrons.